The highest BCUT2D eigenvalue weighted by atomic mass is 15.2. The second kappa shape index (κ2) is 7.35. The lowest BCUT2D eigenvalue weighted by molar-refractivity contribution is 0.725. The highest BCUT2D eigenvalue weighted by molar-refractivity contribution is 6.09. The molecule has 3 heterocycles. The quantitative estimate of drug-likeness (QED) is 0.251. The number of aryl methyl sites for hydroxylation is 1. The summed E-state index contributed by atoms with van der Waals surface area (Å²) in [5.74, 6) is 0. The molecule has 2 aliphatic heterocycles. The third-order valence-electron chi connectivity index (χ3n) is 8.15. The van der Waals surface area contributed by atoms with Gasteiger partial charge in [0.05, 0.1) is 16.7 Å². The molecule has 2 heteroatoms. The van der Waals surface area contributed by atoms with Crippen molar-refractivity contribution in [1.29, 1.82) is 0 Å². The molecule has 0 amide bonds. The maximum atomic E-state index is 2.58. The number of hydrogen-bond donors (Lipinski definition) is 0. The van der Waals surface area contributed by atoms with Crippen molar-refractivity contribution in [2.24, 2.45) is 0 Å². The number of anilines is 2. The Kier molecular flexibility index (Phi) is 4.07. The predicted octanol–water partition coefficient (Wildman–Crippen LogP) is 8.38. The number of para-hydroxylation sites is 3. The molecule has 0 aliphatic carbocycles. The van der Waals surface area contributed by atoms with Crippen LogP contribution in [0.25, 0.3) is 38.6 Å². The summed E-state index contributed by atoms with van der Waals surface area (Å²) in [4.78, 5) is 2.58. The van der Waals surface area contributed by atoms with Crippen molar-refractivity contribution < 1.29 is 0 Å². The lowest BCUT2D eigenvalue weighted by atomic mass is 9.97. The molecule has 0 spiro atoms. The Morgan fingerprint density at radius 3 is 1.94 bits per heavy atom. The topological polar surface area (TPSA) is 8.17 Å². The number of rotatable bonds is 2. The Hall–Kier alpha value is -4.30. The molecular formula is C34H26N2. The molecule has 6 aromatic rings. The highest BCUT2D eigenvalue weighted by Crippen LogP contribution is 2.47. The summed E-state index contributed by atoms with van der Waals surface area (Å²) in [7, 11) is 0. The van der Waals surface area contributed by atoms with E-state index in [1.54, 1.807) is 0 Å². The van der Waals surface area contributed by atoms with Crippen LogP contribution in [0, 0.1) is 6.92 Å². The van der Waals surface area contributed by atoms with Gasteiger partial charge in [0, 0.05) is 33.8 Å². The molecule has 0 bridgehead atoms. The Bertz CT molecular complexity index is 1770. The maximum Gasteiger partial charge on any atom is 0.0541 e. The van der Waals surface area contributed by atoms with Crippen molar-refractivity contribution in [1.82, 2.24) is 4.57 Å². The van der Waals surface area contributed by atoms with Gasteiger partial charge in [-0.1, -0.05) is 78.4 Å². The van der Waals surface area contributed by atoms with Crippen LogP contribution in [-0.4, -0.2) is 10.6 Å². The summed E-state index contributed by atoms with van der Waals surface area (Å²) in [6.45, 7) is 2.19. The minimum absolute atomic E-state index is 0.541. The summed E-state index contributed by atoms with van der Waals surface area (Å²) in [6.07, 6.45) is 2.24. The van der Waals surface area contributed by atoms with Crippen molar-refractivity contribution >= 4 is 33.2 Å². The Labute approximate surface area is 211 Å². The number of fused-ring (bicyclic) bond motifs is 8. The molecule has 36 heavy (non-hydrogen) atoms. The SMILES string of the molecule is Cc1ccc2c(c1)CC1Cc3cc(-c4ccccc4-n4c5ccccc5c5ccccc54)ccc3N21. The zero-order valence-electron chi connectivity index (χ0n) is 20.3. The van der Waals surface area contributed by atoms with Gasteiger partial charge in [0.25, 0.3) is 0 Å². The second-order valence-corrected chi connectivity index (χ2v) is 10.3. The van der Waals surface area contributed by atoms with Crippen LogP contribution in [0.5, 0.6) is 0 Å². The molecule has 2 aliphatic rings. The van der Waals surface area contributed by atoms with Crippen molar-refractivity contribution in [3.05, 3.63) is 126 Å². The first kappa shape index (κ1) is 19.9. The maximum absolute atomic E-state index is 2.58. The van der Waals surface area contributed by atoms with E-state index in [0.717, 1.165) is 12.8 Å². The van der Waals surface area contributed by atoms with E-state index in [2.05, 4.69) is 126 Å². The number of aromatic nitrogens is 1. The van der Waals surface area contributed by atoms with Gasteiger partial charge in [-0.3, -0.25) is 0 Å². The standard InChI is InChI=1S/C34H26N2/c1-22-14-16-30-24(18-22)20-26-21-25-19-23(15-17-31(25)35(26)30)27-8-2-5-11-32(27)36-33-12-6-3-9-28(33)29-10-4-7-13-34(29)36/h2-19,26H,20-21H2,1H3. The molecule has 0 radical (unpaired) electrons. The molecule has 0 fully saturated rings. The van der Waals surface area contributed by atoms with Gasteiger partial charge in [-0.25, -0.2) is 0 Å². The van der Waals surface area contributed by atoms with E-state index in [9.17, 15) is 0 Å². The van der Waals surface area contributed by atoms with Crippen molar-refractivity contribution in [2.45, 2.75) is 25.8 Å². The fourth-order valence-corrected chi connectivity index (χ4v) is 6.64. The minimum Gasteiger partial charge on any atom is -0.337 e. The zero-order chi connectivity index (χ0) is 23.8. The number of hydrogen-bond acceptors (Lipinski definition) is 1. The van der Waals surface area contributed by atoms with E-state index in [0.29, 0.717) is 6.04 Å². The molecule has 1 unspecified atom stereocenters. The molecule has 8 rings (SSSR count). The van der Waals surface area contributed by atoms with E-state index in [4.69, 9.17) is 0 Å². The van der Waals surface area contributed by atoms with E-state index >= 15 is 0 Å². The van der Waals surface area contributed by atoms with Gasteiger partial charge >= 0.3 is 0 Å². The van der Waals surface area contributed by atoms with Crippen LogP contribution in [0.4, 0.5) is 11.4 Å². The van der Waals surface area contributed by atoms with Crippen LogP contribution in [0.1, 0.15) is 16.7 Å². The lowest BCUT2D eigenvalue weighted by Crippen LogP contribution is -2.22. The van der Waals surface area contributed by atoms with E-state index in [-0.39, 0.29) is 0 Å². The molecule has 1 atom stereocenters. The van der Waals surface area contributed by atoms with Gasteiger partial charge in [-0.15, -0.1) is 0 Å². The van der Waals surface area contributed by atoms with Crippen molar-refractivity contribution in [3.63, 3.8) is 0 Å². The monoisotopic (exact) mass is 462 g/mol. The van der Waals surface area contributed by atoms with Crippen LogP contribution >= 0.6 is 0 Å². The van der Waals surface area contributed by atoms with Gasteiger partial charge in [-0.05, 0) is 72.9 Å². The first-order valence-corrected chi connectivity index (χ1v) is 12.9. The molecular weight excluding hydrogens is 436 g/mol. The first-order valence-electron chi connectivity index (χ1n) is 12.9. The van der Waals surface area contributed by atoms with Crippen LogP contribution in [-0.2, 0) is 12.8 Å². The number of nitrogens with zero attached hydrogens (tertiary/aromatic N) is 2. The zero-order valence-corrected chi connectivity index (χ0v) is 20.3. The van der Waals surface area contributed by atoms with E-state index in [1.165, 1.54) is 66.7 Å². The van der Waals surface area contributed by atoms with Crippen molar-refractivity contribution in [2.75, 3.05) is 4.90 Å². The summed E-state index contributed by atoms with van der Waals surface area (Å²) >= 11 is 0. The summed E-state index contributed by atoms with van der Waals surface area (Å²) in [5.41, 5.74) is 13.4. The van der Waals surface area contributed by atoms with Crippen LogP contribution in [0.15, 0.2) is 109 Å². The average molecular weight is 463 g/mol. The highest BCUT2D eigenvalue weighted by Gasteiger charge is 2.37. The fourth-order valence-electron chi connectivity index (χ4n) is 6.64. The Balaban J connectivity index is 1.29. The lowest BCUT2D eigenvalue weighted by Gasteiger charge is -2.21. The van der Waals surface area contributed by atoms with E-state index < -0.39 is 0 Å². The molecule has 2 nitrogen and oxygen atoms in total. The van der Waals surface area contributed by atoms with Gasteiger partial charge < -0.3 is 9.47 Å². The number of benzene rings is 5. The van der Waals surface area contributed by atoms with Crippen LogP contribution in [0.3, 0.4) is 0 Å². The minimum atomic E-state index is 0.541. The van der Waals surface area contributed by atoms with E-state index in [1.807, 2.05) is 0 Å². The summed E-state index contributed by atoms with van der Waals surface area (Å²) in [6, 6.07) is 40.9. The second-order valence-electron chi connectivity index (χ2n) is 10.3. The predicted molar refractivity (Wildman–Crippen MR) is 151 cm³/mol. The van der Waals surface area contributed by atoms with Crippen LogP contribution in [0.2, 0.25) is 0 Å². The molecule has 0 saturated heterocycles. The first-order chi connectivity index (χ1) is 17.8. The molecule has 172 valence electrons. The molecule has 1 aromatic heterocycles. The summed E-state index contributed by atoms with van der Waals surface area (Å²) < 4.78 is 2.43. The normalized spacial score (nSPS) is 15.9. The van der Waals surface area contributed by atoms with Gasteiger partial charge in [-0.2, -0.15) is 0 Å². The fraction of sp³-hybridized carbons (Fsp3) is 0.118. The summed E-state index contributed by atoms with van der Waals surface area (Å²) in [5, 5.41) is 2.60. The molecule has 0 saturated carbocycles. The Morgan fingerprint density at radius 2 is 1.19 bits per heavy atom. The van der Waals surface area contributed by atoms with Gasteiger partial charge in [0.1, 0.15) is 0 Å². The third-order valence-corrected chi connectivity index (χ3v) is 8.15. The largest absolute Gasteiger partial charge is 0.337 e. The van der Waals surface area contributed by atoms with Crippen LogP contribution < -0.4 is 4.90 Å². The van der Waals surface area contributed by atoms with Crippen molar-refractivity contribution in [3.8, 4) is 16.8 Å². The smallest absolute Gasteiger partial charge is 0.0541 e. The van der Waals surface area contributed by atoms with Gasteiger partial charge in [0.2, 0.25) is 0 Å². The Morgan fingerprint density at radius 1 is 0.583 bits per heavy atom. The third kappa shape index (κ3) is 2.73. The molecule has 0 N–H and O–H groups in total. The molecule has 5 aromatic carbocycles. The average Bonchev–Trinajstić information content (AvgIpc) is 3.55. The van der Waals surface area contributed by atoms with Gasteiger partial charge in [0.15, 0.2) is 0 Å².